The zero-order chi connectivity index (χ0) is 15.2. The molecule has 2 fully saturated rings. The smallest absolute Gasteiger partial charge is 0.236 e. The number of hydrogen-bond donors (Lipinski definition) is 1. The Morgan fingerprint density at radius 3 is 2.29 bits per heavy atom. The van der Waals surface area contributed by atoms with Crippen LogP contribution in [0.25, 0.3) is 0 Å². The maximum atomic E-state index is 12.3. The Labute approximate surface area is 128 Å². The summed E-state index contributed by atoms with van der Waals surface area (Å²) >= 11 is 0. The van der Waals surface area contributed by atoms with Crippen LogP contribution in [0.4, 0.5) is 0 Å². The van der Waals surface area contributed by atoms with Crippen molar-refractivity contribution in [2.24, 2.45) is 0 Å². The van der Waals surface area contributed by atoms with Gasteiger partial charge in [-0.2, -0.15) is 0 Å². The van der Waals surface area contributed by atoms with Crippen LogP contribution in [0, 0.1) is 0 Å². The maximum Gasteiger partial charge on any atom is 0.236 e. The first-order chi connectivity index (χ1) is 10.2. The first-order valence-corrected chi connectivity index (χ1v) is 8.58. The fraction of sp³-hybridized carbons (Fsp3) is 0.938. The summed E-state index contributed by atoms with van der Waals surface area (Å²) in [6, 6.07) is 0.318. The van der Waals surface area contributed by atoms with Gasteiger partial charge in [0.15, 0.2) is 0 Å². The number of aliphatic hydroxyl groups is 1. The number of nitrogens with zero attached hydrogens (tertiary/aromatic N) is 3. The van der Waals surface area contributed by atoms with Crippen LogP contribution in [0.15, 0.2) is 0 Å². The van der Waals surface area contributed by atoms with E-state index in [1.807, 2.05) is 4.90 Å². The van der Waals surface area contributed by atoms with Crippen LogP contribution < -0.4 is 0 Å². The van der Waals surface area contributed by atoms with Crippen LogP contribution in [-0.4, -0.2) is 83.7 Å². The molecule has 1 amide bonds. The van der Waals surface area contributed by atoms with Crippen molar-refractivity contribution in [3.05, 3.63) is 0 Å². The van der Waals surface area contributed by atoms with Crippen LogP contribution in [0.5, 0.6) is 0 Å². The summed E-state index contributed by atoms with van der Waals surface area (Å²) in [6.45, 7) is 10.0. The third-order valence-electron chi connectivity index (χ3n) is 5.08. The zero-order valence-corrected chi connectivity index (χ0v) is 13.6. The number of aliphatic hydroxyl groups excluding tert-OH is 1. The molecule has 2 unspecified atom stereocenters. The van der Waals surface area contributed by atoms with E-state index in [9.17, 15) is 9.90 Å². The first-order valence-electron chi connectivity index (χ1n) is 8.58. The van der Waals surface area contributed by atoms with Gasteiger partial charge in [0.25, 0.3) is 0 Å². The van der Waals surface area contributed by atoms with Crippen LogP contribution in [-0.2, 0) is 4.79 Å². The summed E-state index contributed by atoms with van der Waals surface area (Å²) in [5, 5.41) is 10.2. The third kappa shape index (κ3) is 4.41. The van der Waals surface area contributed by atoms with Crippen LogP contribution in [0.3, 0.4) is 0 Å². The molecular weight excluding hydrogens is 266 g/mol. The topological polar surface area (TPSA) is 47.0 Å². The second-order valence-electron chi connectivity index (χ2n) is 6.30. The van der Waals surface area contributed by atoms with Crippen molar-refractivity contribution in [1.82, 2.24) is 14.7 Å². The number of likely N-dealkylation sites (N-methyl/N-ethyl adjacent to an activating group) is 1. The van der Waals surface area contributed by atoms with Gasteiger partial charge >= 0.3 is 0 Å². The van der Waals surface area contributed by atoms with E-state index in [2.05, 4.69) is 23.6 Å². The minimum Gasteiger partial charge on any atom is -0.391 e. The largest absolute Gasteiger partial charge is 0.391 e. The minimum atomic E-state index is -0.170. The van der Waals surface area contributed by atoms with Gasteiger partial charge in [0.1, 0.15) is 0 Å². The molecule has 122 valence electrons. The predicted octanol–water partition coefficient (Wildman–Crippen LogP) is 0.776. The highest BCUT2D eigenvalue weighted by Crippen LogP contribution is 2.24. The molecule has 2 rings (SSSR count). The average Bonchev–Trinajstić information content (AvgIpc) is 2.53. The summed E-state index contributed by atoms with van der Waals surface area (Å²) in [5.74, 6) is 0.252. The lowest BCUT2D eigenvalue weighted by molar-refractivity contribution is -0.135. The summed E-state index contributed by atoms with van der Waals surface area (Å²) in [7, 11) is 0. The van der Waals surface area contributed by atoms with Gasteiger partial charge in [0, 0.05) is 32.2 Å². The molecule has 2 atom stereocenters. The Bertz CT molecular complexity index is 325. The second-order valence-corrected chi connectivity index (χ2v) is 6.30. The first kappa shape index (κ1) is 16.7. The molecule has 1 saturated carbocycles. The van der Waals surface area contributed by atoms with E-state index in [0.29, 0.717) is 12.6 Å². The molecule has 21 heavy (non-hydrogen) atoms. The number of carbonyl (C=O) groups excluding carboxylic acids is 1. The van der Waals surface area contributed by atoms with Crippen molar-refractivity contribution in [2.45, 2.75) is 51.7 Å². The van der Waals surface area contributed by atoms with Crippen LogP contribution in [0.1, 0.15) is 39.5 Å². The fourth-order valence-corrected chi connectivity index (χ4v) is 3.56. The SMILES string of the molecule is CCN(CC)CC(=O)N1CCN(C2CCCCC2O)CC1. The number of piperazine rings is 1. The molecule has 1 N–H and O–H groups in total. The van der Waals surface area contributed by atoms with Crippen molar-refractivity contribution in [2.75, 3.05) is 45.8 Å². The van der Waals surface area contributed by atoms with E-state index in [0.717, 1.165) is 58.5 Å². The van der Waals surface area contributed by atoms with Crippen molar-refractivity contribution in [1.29, 1.82) is 0 Å². The molecule has 1 saturated heterocycles. The Hall–Kier alpha value is -0.650. The van der Waals surface area contributed by atoms with Gasteiger partial charge in [-0.1, -0.05) is 26.7 Å². The summed E-state index contributed by atoms with van der Waals surface area (Å²) in [4.78, 5) is 18.8. The molecule has 1 heterocycles. The molecule has 0 aromatic rings. The van der Waals surface area contributed by atoms with E-state index in [1.54, 1.807) is 0 Å². The Morgan fingerprint density at radius 2 is 1.71 bits per heavy atom. The molecule has 5 heteroatoms. The van der Waals surface area contributed by atoms with Gasteiger partial charge in [-0.3, -0.25) is 14.6 Å². The van der Waals surface area contributed by atoms with Gasteiger partial charge in [-0.05, 0) is 25.9 Å². The summed E-state index contributed by atoms with van der Waals surface area (Å²) in [6.07, 6.45) is 4.25. The van der Waals surface area contributed by atoms with Gasteiger partial charge in [0.2, 0.25) is 5.91 Å². The normalized spacial score (nSPS) is 28.1. The molecule has 2 aliphatic rings. The Balaban J connectivity index is 1.78. The minimum absolute atomic E-state index is 0.170. The lowest BCUT2D eigenvalue weighted by Gasteiger charge is -2.43. The summed E-state index contributed by atoms with van der Waals surface area (Å²) < 4.78 is 0. The van der Waals surface area contributed by atoms with E-state index in [4.69, 9.17) is 0 Å². The molecule has 0 aromatic heterocycles. The number of hydrogen-bond acceptors (Lipinski definition) is 4. The molecule has 1 aliphatic heterocycles. The second kappa shape index (κ2) is 8.11. The molecule has 0 spiro atoms. The number of amides is 1. The highest BCUT2D eigenvalue weighted by atomic mass is 16.3. The third-order valence-corrected chi connectivity index (χ3v) is 5.08. The molecular formula is C16H31N3O2. The van der Waals surface area contributed by atoms with E-state index >= 15 is 0 Å². The predicted molar refractivity (Wildman–Crippen MR) is 84.2 cm³/mol. The highest BCUT2D eigenvalue weighted by Gasteiger charge is 2.31. The fourth-order valence-electron chi connectivity index (χ4n) is 3.56. The molecule has 0 bridgehead atoms. The molecule has 1 aliphatic carbocycles. The van der Waals surface area contributed by atoms with Crippen molar-refractivity contribution in [3.8, 4) is 0 Å². The molecule has 0 radical (unpaired) electrons. The molecule has 5 nitrogen and oxygen atoms in total. The van der Waals surface area contributed by atoms with Crippen LogP contribution >= 0.6 is 0 Å². The Kier molecular flexibility index (Phi) is 6.45. The zero-order valence-electron chi connectivity index (χ0n) is 13.6. The lowest BCUT2D eigenvalue weighted by atomic mass is 9.91. The van der Waals surface area contributed by atoms with Crippen molar-refractivity contribution >= 4 is 5.91 Å². The summed E-state index contributed by atoms with van der Waals surface area (Å²) in [5.41, 5.74) is 0. The number of carbonyl (C=O) groups is 1. The van der Waals surface area contributed by atoms with E-state index in [-0.39, 0.29) is 12.0 Å². The van der Waals surface area contributed by atoms with Gasteiger partial charge < -0.3 is 10.0 Å². The quantitative estimate of drug-likeness (QED) is 0.814. The van der Waals surface area contributed by atoms with Crippen molar-refractivity contribution in [3.63, 3.8) is 0 Å². The van der Waals surface area contributed by atoms with Gasteiger partial charge in [-0.15, -0.1) is 0 Å². The lowest BCUT2D eigenvalue weighted by Crippen LogP contribution is -2.56. The monoisotopic (exact) mass is 297 g/mol. The van der Waals surface area contributed by atoms with Crippen molar-refractivity contribution < 1.29 is 9.90 Å². The van der Waals surface area contributed by atoms with E-state index < -0.39 is 0 Å². The standard InChI is InChI=1S/C16H31N3O2/c1-3-17(4-2)13-16(21)19-11-9-18(10-12-19)14-7-5-6-8-15(14)20/h14-15,20H,3-13H2,1-2H3. The Morgan fingerprint density at radius 1 is 1.10 bits per heavy atom. The average molecular weight is 297 g/mol. The number of rotatable bonds is 5. The van der Waals surface area contributed by atoms with Gasteiger partial charge in [0.05, 0.1) is 12.6 Å². The van der Waals surface area contributed by atoms with Gasteiger partial charge in [-0.25, -0.2) is 0 Å². The van der Waals surface area contributed by atoms with E-state index in [1.165, 1.54) is 6.42 Å². The highest BCUT2D eigenvalue weighted by molar-refractivity contribution is 5.78. The maximum absolute atomic E-state index is 12.3. The molecule has 0 aromatic carbocycles. The van der Waals surface area contributed by atoms with Crippen LogP contribution in [0.2, 0.25) is 0 Å².